The smallest absolute Gasteiger partial charge is 0.310 e. The van der Waals surface area contributed by atoms with Crippen molar-refractivity contribution in [2.75, 3.05) is 6.61 Å². The van der Waals surface area contributed by atoms with Crippen molar-refractivity contribution in [2.24, 2.45) is 0 Å². The first kappa shape index (κ1) is 21.0. The van der Waals surface area contributed by atoms with Crippen LogP contribution in [0.25, 0.3) is 0 Å². The number of aromatic nitrogens is 2. The number of nitrogens with one attached hydrogen (secondary N) is 1. The van der Waals surface area contributed by atoms with Gasteiger partial charge in [0.1, 0.15) is 0 Å². The number of carbonyl (C=O) groups is 1. The second kappa shape index (κ2) is 9.21. The molecule has 0 unspecified atom stereocenters. The van der Waals surface area contributed by atoms with Crippen molar-refractivity contribution in [3.63, 3.8) is 0 Å². The summed E-state index contributed by atoms with van der Waals surface area (Å²) in [6.07, 6.45) is 0. The van der Waals surface area contributed by atoms with Gasteiger partial charge in [0.25, 0.3) is 5.91 Å². The first-order valence-corrected chi connectivity index (χ1v) is 9.56. The molecule has 8 nitrogen and oxygen atoms in total. The highest BCUT2D eigenvalue weighted by atomic mass is 16.6. The molecule has 0 saturated carbocycles. The third kappa shape index (κ3) is 5.02. The van der Waals surface area contributed by atoms with Crippen molar-refractivity contribution in [3.05, 3.63) is 86.7 Å². The highest BCUT2D eigenvalue weighted by molar-refractivity contribution is 5.77. The van der Waals surface area contributed by atoms with Crippen LogP contribution >= 0.6 is 0 Å². The van der Waals surface area contributed by atoms with Crippen LogP contribution in [0, 0.1) is 30.9 Å². The minimum atomic E-state index is -0.527. The third-order valence-electron chi connectivity index (χ3n) is 4.84. The molecule has 3 rings (SSSR count). The number of benzene rings is 2. The Balaban J connectivity index is 1.60. The number of amides is 1. The van der Waals surface area contributed by atoms with Gasteiger partial charge in [0.15, 0.2) is 12.4 Å². The minimum Gasteiger partial charge on any atom is -0.477 e. The average Bonchev–Trinajstić information content (AvgIpc) is 2.98. The number of nitro benzene ring substituents is 1. The number of rotatable bonds is 8. The monoisotopic (exact) mass is 408 g/mol. The van der Waals surface area contributed by atoms with Crippen LogP contribution in [0.4, 0.5) is 5.69 Å². The molecule has 0 fully saturated rings. The van der Waals surface area contributed by atoms with Gasteiger partial charge in [-0.05, 0) is 38.0 Å². The Bertz CT molecular complexity index is 1060. The van der Waals surface area contributed by atoms with Crippen LogP contribution in [0.2, 0.25) is 0 Å². The van der Waals surface area contributed by atoms with Gasteiger partial charge in [-0.15, -0.1) is 0 Å². The van der Waals surface area contributed by atoms with Crippen molar-refractivity contribution in [1.82, 2.24) is 15.1 Å². The molecule has 8 heteroatoms. The van der Waals surface area contributed by atoms with E-state index in [9.17, 15) is 14.9 Å². The molecule has 0 aliphatic carbocycles. The fourth-order valence-electron chi connectivity index (χ4n) is 3.17. The van der Waals surface area contributed by atoms with Gasteiger partial charge in [0.05, 0.1) is 17.2 Å². The summed E-state index contributed by atoms with van der Waals surface area (Å²) in [5.74, 6) is -0.279. The lowest BCUT2D eigenvalue weighted by Crippen LogP contribution is -2.29. The van der Waals surface area contributed by atoms with E-state index in [1.165, 1.54) is 6.07 Å². The molecule has 1 N–H and O–H groups in total. The zero-order valence-corrected chi connectivity index (χ0v) is 17.2. The number of aryl methyl sites for hydroxylation is 2. The summed E-state index contributed by atoms with van der Waals surface area (Å²) in [7, 11) is 0. The predicted molar refractivity (Wildman–Crippen MR) is 112 cm³/mol. The number of carbonyl (C=O) groups excluding carboxylic acids is 1. The van der Waals surface area contributed by atoms with Gasteiger partial charge >= 0.3 is 5.69 Å². The second-order valence-corrected chi connectivity index (χ2v) is 7.09. The summed E-state index contributed by atoms with van der Waals surface area (Å²) in [4.78, 5) is 22.8. The van der Waals surface area contributed by atoms with Gasteiger partial charge in [-0.2, -0.15) is 5.10 Å². The molecule has 0 aliphatic heterocycles. The van der Waals surface area contributed by atoms with Crippen LogP contribution in [0.5, 0.6) is 5.75 Å². The van der Waals surface area contributed by atoms with Crippen LogP contribution in [0.1, 0.15) is 28.1 Å². The molecule has 1 amide bonds. The fourth-order valence-corrected chi connectivity index (χ4v) is 3.17. The summed E-state index contributed by atoms with van der Waals surface area (Å²) in [5, 5.41) is 18.5. The normalized spacial score (nSPS) is 10.6. The lowest BCUT2D eigenvalue weighted by Gasteiger charge is -2.09. The molecule has 30 heavy (non-hydrogen) atoms. The maximum Gasteiger partial charge on any atom is 0.310 e. The lowest BCUT2D eigenvalue weighted by atomic mass is 10.2. The van der Waals surface area contributed by atoms with Crippen LogP contribution in [0.3, 0.4) is 0 Å². The Morgan fingerprint density at radius 1 is 1.17 bits per heavy atom. The molecular weight excluding hydrogens is 384 g/mol. The van der Waals surface area contributed by atoms with Gasteiger partial charge in [0.2, 0.25) is 0 Å². The topological polar surface area (TPSA) is 99.3 Å². The Kier molecular flexibility index (Phi) is 6.46. The summed E-state index contributed by atoms with van der Waals surface area (Å²) in [6, 6.07) is 14.6. The van der Waals surface area contributed by atoms with E-state index in [-0.39, 0.29) is 24.0 Å². The van der Waals surface area contributed by atoms with E-state index >= 15 is 0 Å². The first-order chi connectivity index (χ1) is 14.3. The molecule has 1 heterocycles. The number of ether oxygens (including phenoxy) is 1. The standard InChI is InChI=1S/C22H24N4O4/c1-15-9-10-20(26(28)29)21(11-15)30-14-22(27)23-12-19-16(2)24-25(17(19)3)13-18-7-5-4-6-8-18/h4-11H,12-14H2,1-3H3,(H,23,27). The van der Waals surface area contributed by atoms with E-state index in [4.69, 9.17) is 4.74 Å². The summed E-state index contributed by atoms with van der Waals surface area (Å²) >= 11 is 0. The molecule has 0 aliphatic rings. The molecule has 3 aromatic rings. The SMILES string of the molecule is Cc1ccc([N+](=O)[O-])c(OCC(=O)NCc2c(C)nn(Cc3ccccc3)c2C)c1. The highest BCUT2D eigenvalue weighted by Gasteiger charge is 2.17. The van der Waals surface area contributed by atoms with E-state index in [0.29, 0.717) is 13.1 Å². The number of hydrogen-bond donors (Lipinski definition) is 1. The zero-order chi connectivity index (χ0) is 21.7. The zero-order valence-electron chi connectivity index (χ0n) is 17.2. The molecule has 0 radical (unpaired) electrons. The second-order valence-electron chi connectivity index (χ2n) is 7.09. The molecule has 0 saturated heterocycles. The van der Waals surface area contributed by atoms with Gasteiger partial charge in [-0.25, -0.2) is 0 Å². The van der Waals surface area contributed by atoms with Crippen LogP contribution in [-0.4, -0.2) is 27.2 Å². The molecular formula is C22H24N4O4. The number of hydrogen-bond acceptors (Lipinski definition) is 5. The van der Waals surface area contributed by atoms with Gasteiger partial charge < -0.3 is 10.1 Å². The Morgan fingerprint density at radius 2 is 1.90 bits per heavy atom. The summed E-state index contributed by atoms with van der Waals surface area (Å²) in [6.45, 7) is 6.33. The molecule has 156 valence electrons. The molecule has 1 aromatic heterocycles. The lowest BCUT2D eigenvalue weighted by molar-refractivity contribution is -0.385. The van der Waals surface area contributed by atoms with E-state index in [2.05, 4.69) is 10.4 Å². The first-order valence-electron chi connectivity index (χ1n) is 9.56. The quantitative estimate of drug-likeness (QED) is 0.455. The van der Waals surface area contributed by atoms with Crippen molar-refractivity contribution in [3.8, 4) is 5.75 Å². The fraction of sp³-hybridized carbons (Fsp3) is 0.273. The van der Waals surface area contributed by atoms with Crippen LogP contribution in [0.15, 0.2) is 48.5 Å². The Hall–Kier alpha value is -3.68. The largest absolute Gasteiger partial charge is 0.477 e. The average molecular weight is 408 g/mol. The molecule has 0 spiro atoms. The Morgan fingerprint density at radius 3 is 2.60 bits per heavy atom. The van der Waals surface area contributed by atoms with Gasteiger partial charge in [-0.3, -0.25) is 19.6 Å². The maximum atomic E-state index is 12.2. The van der Waals surface area contributed by atoms with Gasteiger partial charge in [-0.1, -0.05) is 36.4 Å². The molecule has 0 bridgehead atoms. The van der Waals surface area contributed by atoms with Crippen molar-refractivity contribution >= 4 is 11.6 Å². The van der Waals surface area contributed by atoms with Crippen LogP contribution < -0.4 is 10.1 Å². The van der Waals surface area contributed by atoms with Crippen molar-refractivity contribution < 1.29 is 14.5 Å². The van der Waals surface area contributed by atoms with E-state index in [1.807, 2.05) is 48.9 Å². The van der Waals surface area contributed by atoms with E-state index < -0.39 is 4.92 Å². The van der Waals surface area contributed by atoms with Crippen molar-refractivity contribution in [1.29, 1.82) is 0 Å². The highest BCUT2D eigenvalue weighted by Crippen LogP contribution is 2.27. The van der Waals surface area contributed by atoms with E-state index in [0.717, 1.165) is 28.1 Å². The van der Waals surface area contributed by atoms with Gasteiger partial charge in [0, 0.05) is 23.9 Å². The Labute approximate surface area is 174 Å². The molecule has 0 atom stereocenters. The van der Waals surface area contributed by atoms with E-state index in [1.54, 1.807) is 19.1 Å². The summed E-state index contributed by atoms with van der Waals surface area (Å²) in [5.41, 5.74) is 4.56. The van der Waals surface area contributed by atoms with Crippen LogP contribution in [-0.2, 0) is 17.9 Å². The number of nitrogens with zero attached hydrogens (tertiary/aromatic N) is 3. The predicted octanol–water partition coefficient (Wildman–Crippen LogP) is 3.46. The number of nitro groups is 1. The molecule has 2 aromatic carbocycles. The minimum absolute atomic E-state index is 0.0817. The van der Waals surface area contributed by atoms with Crippen molar-refractivity contribution in [2.45, 2.75) is 33.9 Å². The summed E-state index contributed by atoms with van der Waals surface area (Å²) < 4.78 is 7.32. The third-order valence-corrected chi connectivity index (χ3v) is 4.84. The maximum absolute atomic E-state index is 12.2.